The lowest BCUT2D eigenvalue weighted by molar-refractivity contribution is 0.102. The Labute approximate surface area is 226 Å². The Morgan fingerprint density at radius 1 is 1.00 bits per heavy atom. The quantitative estimate of drug-likeness (QED) is 0.305. The van der Waals surface area contributed by atoms with E-state index in [1.807, 2.05) is 29.2 Å². The van der Waals surface area contributed by atoms with Crippen molar-refractivity contribution in [2.24, 2.45) is 0 Å². The molecule has 2 heterocycles. The summed E-state index contributed by atoms with van der Waals surface area (Å²) in [5.74, 6) is 0.752. The van der Waals surface area contributed by atoms with Crippen molar-refractivity contribution in [1.82, 2.24) is 9.97 Å². The van der Waals surface area contributed by atoms with E-state index in [-0.39, 0.29) is 11.5 Å². The highest BCUT2D eigenvalue weighted by molar-refractivity contribution is 6.10. The minimum Gasteiger partial charge on any atom is -0.438 e. The molecule has 3 aromatic carbocycles. The lowest BCUT2D eigenvalue weighted by Gasteiger charge is -2.29. The second-order valence-electron chi connectivity index (χ2n) is 9.85. The molecular weight excluding hydrogens is 497 g/mol. The molecule has 1 saturated heterocycles. The Morgan fingerprint density at radius 2 is 1.79 bits per heavy atom. The van der Waals surface area contributed by atoms with E-state index in [1.165, 1.54) is 25.0 Å². The molecule has 2 aliphatic rings. The fourth-order valence-corrected chi connectivity index (χ4v) is 5.21. The zero-order chi connectivity index (χ0) is 26.6. The summed E-state index contributed by atoms with van der Waals surface area (Å²) in [7, 11) is 0. The number of halogens is 1. The molecular formula is C30H30FN5O3. The zero-order valence-corrected chi connectivity index (χ0v) is 21.5. The van der Waals surface area contributed by atoms with Crippen molar-refractivity contribution in [2.45, 2.75) is 31.7 Å². The van der Waals surface area contributed by atoms with Gasteiger partial charge in [-0.2, -0.15) is 4.98 Å². The van der Waals surface area contributed by atoms with E-state index >= 15 is 0 Å². The summed E-state index contributed by atoms with van der Waals surface area (Å²) >= 11 is 0. The molecule has 4 aromatic rings. The van der Waals surface area contributed by atoms with E-state index in [1.54, 1.807) is 30.5 Å². The maximum Gasteiger partial charge on any atom is 0.255 e. The smallest absolute Gasteiger partial charge is 0.255 e. The normalized spacial score (nSPS) is 15.9. The van der Waals surface area contributed by atoms with Crippen LogP contribution in [0.25, 0.3) is 10.8 Å². The summed E-state index contributed by atoms with van der Waals surface area (Å²) in [4.78, 5) is 24.1. The lowest BCUT2D eigenvalue weighted by Crippen LogP contribution is -2.36. The van der Waals surface area contributed by atoms with E-state index in [0.29, 0.717) is 61.3 Å². The van der Waals surface area contributed by atoms with Crippen LogP contribution < -0.4 is 20.3 Å². The molecule has 1 aliphatic carbocycles. The van der Waals surface area contributed by atoms with Gasteiger partial charge in [-0.15, -0.1) is 0 Å². The number of carbonyl (C=O) groups is 1. The number of carbonyl (C=O) groups excluding carboxylic acids is 1. The maximum atomic E-state index is 14.5. The van der Waals surface area contributed by atoms with Crippen molar-refractivity contribution in [2.75, 3.05) is 41.8 Å². The first kappa shape index (κ1) is 25.1. The third-order valence-electron chi connectivity index (χ3n) is 7.19. The number of morpholine rings is 1. The standard InChI is InChI=1S/C30H30FN5O3/c31-21-17-20(18-23(19-21)36-13-15-38-16-14-36)29(37)34-26-9-10-27(25-8-4-3-7-24(25)26)39-28-11-12-32-30(35-28)33-22-5-1-2-6-22/h3-4,7-12,17-19,22H,1-2,5-6,13-16H2,(H,34,37)(H,32,33,35). The number of ether oxygens (including phenoxy) is 2. The van der Waals surface area contributed by atoms with Crippen molar-refractivity contribution < 1.29 is 18.7 Å². The highest BCUT2D eigenvalue weighted by atomic mass is 19.1. The third-order valence-corrected chi connectivity index (χ3v) is 7.19. The van der Waals surface area contributed by atoms with Crippen molar-refractivity contribution >= 4 is 34.0 Å². The van der Waals surface area contributed by atoms with Crippen molar-refractivity contribution in [3.05, 3.63) is 78.2 Å². The number of nitrogens with one attached hydrogen (secondary N) is 2. The van der Waals surface area contributed by atoms with Crippen LogP contribution in [0.5, 0.6) is 11.6 Å². The minimum absolute atomic E-state index is 0.254. The van der Waals surface area contributed by atoms with Gasteiger partial charge in [0.25, 0.3) is 5.91 Å². The van der Waals surface area contributed by atoms with Crippen LogP contribution in [0.3, 0.4) is 0 Å². The second-order valence-corrected chi connectivity index (χ2v) is 9.85. The highest BCUT2D eigenvalue weighted by Gasteiger charge is 2.18. The first-order valence-corrected chi connectivity index (χ1v) is 13.4. The number of nitrogens with zero attached hydrogens (tertiary/aromatic N) is 3. The first-order chi connectivity index (χ1) is 19.1. The van der Waals surface area contributed by atoms with Gasteiger partial charge in [0, 0.05) is 59.1 Å². The first-order valence-electron chi connectivity index (χ1n) is 13.4. The van der Waals surface area contributed by atoms with Crippen LogP contribution in [-0.4, -0.2) is 48.2 Å². The van der Waals surface area contributed by atoms with Crippen molar-refractivity contribution in [1.29, 1.82) is 0 Å². The van der Waals surface area contributed by atoms with Gasteiger partial charge in [-0.05, 0) is 43.2 Å². The Morgan fingerprint density at radius 3 is 2.62 bits per heavy atom. The predicted molar refractivity (Wildman–Crippen MR) is 149 cm³/mol. The molecule has 0 unspecified atom stereocenters. The van der Waals surface area contributed by atoms with Gasteiger partial charge in [0.1, 0.15) is 11.6 Å². The Bertz CT molecular complexity index is 1480. The van der Waals surface area contributed by atoms with E-state index in [0.717, 1.165) is 23.6 Å². The molecule has 9 heteroatoms. The number of hydrogen-bond donors (Lipinski definition) is 2. The van der Waals surface area contributed by atoms with Crippen LogP contribution in [0.2, 0.25) is 0 Å². The number of rotatable bonds is 7. The van der Waals surface area contributed by atoms with E-state index in [2.05, 4.69) is 20.6 Å². The Balaban J connectivity index is 1.23. The molecule has 200 valence electrons. The van der Waals surface area contributed by atoms with Crippen molar-refractivity contribution in [3.8, 4) is 11.6 Å². The van der Waals surface area contributed by atoms with Gasteiger partial charge in [-0.3, -0.25) is 4.79 Å². The molecule has 0 bridgehead atoms. The fourth-order valence-electron chi connectivity index (χ4n) is 5.21. The molecule has 2 fully saturated rings. The number of fused-ring (bicyclic) bond motifs is 1. The van der Waals surface area contributed by atoms with Crippen LogP contribution >= 0.6 is 0 Å². The predicted octanol–water partition coefficient (Wildman–Crippen LogP) is 6.00. The molecule has 1 aromatic heterocycles. The topological polar surface area (TPSA) is 88.6 Å². The number of hydrogen-bond acceptors (Lipinski definition) is 7. The van der Waals surface area contributed by atoms with Crippen LogP contribution in [-0.2, 0) is 4.74 Å². The van der Waals surface area contributed by atoms with E-state index in [9.17, 15) is 9.18 Å². The Hall–Kier alpha value is -4.24. The SMILES string of the molecule is O=C(Nc1ccc(Oc2ccnc(NC3CCCC3)n2)c2ccccc12)c1cc(F)cc(N2CCOCC2)c1. The van der Waals surface area contributed by atoms with Crippen LogP contribution in [0.15, 0.2) is 66.9 Å². The maximum absolute atomic E-state index is 14.5. The summed E-state index contributed by atoms with van der Waals surface area (Å²) in [5, 5.41) is 7.96. The summed E-state index contributed by atoms with van der Waals surface area (Å²) in [6.45, 7) is 2.46. The van der Waals surface area contributed by atoms with Crippen molar-refractivity contribution in [3.63, 3.8) is 0 Å². The summed E-state index contributed by atoms with van der Waals surface area (Å²) in [6.07, 6.45) is 6.36. The number of aromatic nitrogens is 2. The largest absolute Gasteiger partial charge is 0.438 e. The molecule has 39 heavy (non-hydrogen) atoms. The van der Waals surface area contributed by atoms with Crippen LogP contribution in [0.1, 0.15) is 36.0 Å². The molecule has 6 rings (SSSR count). The van der Waals surface area contributed by atoms with Gasteiger partial charge < -0.3 is 25.0 Å². The average Bonchev–Trinajstić information content (AvgIpc) is 3.48. The minimum atomic E-state index is -0.454. The zero-order valence-electron chi connectivity index (χ0n) is 21.5. The van der Waals surface area contributed by atoms with Gasteiger partial charge in [-0.25, -0.2) is 9.37 Å². The van der Waals surface area contributed by atoms with Gasteiger partial charge in [-0.1, -0.05) is 37.1 Å². The summed E-state index contributed by atoms with van der Waals surface area (Å²) < 4.78 is 26.0. The summed E-state index contributed by atoms with van der Waals surface area (Å²) in [5.41, 5.74) is 1.53. The van der Waals surface area contributed by atoms with Gasteiger partial charge in [0.05, 0.1) is 13.2 Å². The molecule has 0 atom stereocenters. The Kier molecular flexibility index (Phi) is 7.23. The monoisotopic (exact) mass is 527 g/mol. The third kappa shape index (κ3) is 5.78. The number of benzene rings is 3. The number of anilines is 3. The van der Waals surface area contributed by atoms with E-state index in [4.69, 9.17) is 9.47 Å². The molecule has 1 saturated carbocycles. The molecule has 8 nitrogen and oxygen atoms in total. The van der Waals surface area contributed by atoms with Crippen LogP contribution in [0.4, 0.5) is 21.7 Å². The van der Waals surface area contributed by atoms with Gasteiger partial charge >= 0.3 is 0 Å². The molecule has 0 spiro atoms. The molecule has 2 N–H and O–H groups in total. The van der Waals surface area contributed by atoms with Gasteiger partial charge in [0.2, 0.25) is 11.8 Å². The molecule has 1 aliphatic heterocycles. The second kappa shape index (κ2) is 11.2. The summed E-state index contributed by atoms with van der Waals surface area (Å²) in [6, 6.07) is 17.8. The molecule has 1 amide bonds. The number of amides is 1. The van der Waals surface area contributed by atoms with Crippen LogP contribution in [0, 0.1) is 5.82 Å². The average molecular weight is 528 g/mol. The highest BCUT2D eigenvalue weighted by Crippen LogP contribution is 2.34. The fraction of sp³-hybridized carbons (Fsp3) is 0.300. The van der Waals surface area contributed by atoms with Gasteiger partial charge in [0.15, 0.2) is 0 Å². The molecule has 0 radical (unpaired) electrons. The van der Waals surface area contributed by atoms with E-state index < -0.39 is 5.82 Å². The lowest BCUT2D eigenvalue weighted by atomic mass is 10.1.